The van der Waals surface area contributed by atoms with E-state index in [0.29, 0.717) is 6.04 Å². The maximum Gasteiger partial charge on any atom is 0.410 e. The summed E-state index contributed by atoms with van der Waals surface area (Å²) in [4.78, 5) is 16.7. The van der Waals surface area contributed by atoms with E-state index in [1.165, 1.54) is 32.1 Å². The molecular formula is C19H37N3O2. The molecule has 5 heteroatoms. The fraction of sp³-hybridized carbons (Fsp3) is 0.947. The minimum Gasteiger partial charge on any atom is -0.444 e. The van der Waals surface area contributed by atoms with Crippen LogP contribution in [0.15, 0.2) is 0 Å². The van der Waals surface area contributed by atoms with Gasteiger partial charge in [-0.3, -0.25) is 4.90 Å². The molecule has 0 radical (unpaired) electrons. The zero-order valence-electron chi connectivity index (χ0n) is 16.1. The van der Waals surface area contributed by atoms with E-state index in [1.54, 1.807) is 0 Å². The summed E-state index contributed by atoms with van der Waals surface area (Å²) < 4.78 is 5.51. The van der Waals surface area contributed by atoms with Crippen LogP contribution >= 0.6 is 0 Å². The number of hydrogen-bond acceptors (Lipinski definition) is 4. The summed E-state index contributed by atoms with van der Waals surface area (Å²) in [6.45, 7) is 13.6. The van der Waals surface area contributed by atoms with Gasteiger partial charge in [0.1, 0.15) is 5.60 Å². The smallest absolute Gasteiger partial charge is 0.410 e. The van der Waals surface area contributed by atoms with Crippen molar-refractivity contribution in [1.29, 1.82) is 0 Å². The van der Waals surface area contributed by atoms with Crippen molar-refractivity contribution in [1.82, 2.24) is 15.1 Å². The van der Waals surface area contributed by atoms with E-state index in [4.69, 9.17) is 4.74 Å². The minimum absolute atomic E-state index is 0.164. The number of hydrogen-bond donors (Lipinski definition) is 1. The number of likely N-dealkylation sites (N-methyl/N-ethyl adjacent to an activating group) is 1. The highest BCUT2D eigenvalue weighted by molar-refractivity contribution is 5.68. The van der Waals surface area contributed by atoms with Crippen molar-refractivity contribution in [3.05, 3.63) is 0 Å². The molecule has 24 heavy (non-hydrogen) atoms. The normalized spacial score (nSPS) is 22.4. The maximum absolute atomic E-state index is 12.2. The molecule has 0 aromatic rings. The molecule has 1 saturated carbocycles. The van der Waals surface area contributed by atoms with Crippen molar-refractivity contribution in [3.8, 4) is 0 Å². The van der Waals surface area contributed by atoms with E-state index in [9.17, 15) is 4.79 Å². The zero-order valence-corrected chi connectivity index (χ0v) is 16.1. The van der Waals surface area contributed by atoms with Crippen LogP contribution in [0.5, 0.6) is 0 Å². The predicted molar refractivity (Wildman–Crippen MR) is 98.3 cm³/mol. The van der Waals surface area contributed by atoms with E-state index in [-0.39, 0.29) is 6.09 Å². The second kappa shape index (κ2) is 9.04. The Morgan fingerprint density at radius 1 is 1.12 bits per heavy atom. The second-order valence-electron chi connectivity index (χ2n) is 8.28. The molecule has 1 N–H and O–H groups in total. The second-order valence-corrected chi connectivity index (χ2v) is 8.28. The molecule has 2 rings (SSSR count). The fourth-order valence-corrected chi connectivity index (χ4v) is 3.97. The third-order valence-corrected chi connectivity index (χ3v) is 5.23. The van der Waals surface area contributed by atoms with Gasteiger partial charge in [-0.15, -0.1) is 0 Å². The Hall–Kier alpha value is -0.810. The molecule has 1 atom stereocenters. The van der Waals surface area contributed by atoms with Crippen LogP contribution in [0.2, 0.25) is 0 Å². The Morgan fingerprint density at radius 2 is 1.75 bits per heavy atom. The number of carbonyl (C=O) groups is 1. The Kier molecular flexibility index (Phi) is 7.35. The quantitative estimate of drug-likeness (QED) is 0.836. The number of carbonyl (C=O) groups excluding carboxylic acids is 1. The van der Waals surface area contributed by atoms with Crippen molar-refractivity contribution in [3.63, 3.8) is 0 Å². The largest absolute Gasteiger partial charge is 0.444 e. The van der Waals surface area contributed by atoms with Crippen molar-refractivity contribution >= 4 is 6.09 Å². The van der Waals surface area contributed by atoms with Crippen LogP contribution in [0, 0.1) is 5.92 Å². The SMILES string of the molecule is CCNCC(C1CCCCC1)N1CCN(C(=O)OC(C)(C)C)CC1. The molecule has 0 aromatic heterocycles. The van der Waals surface area contributed by atoms with Gasteiger partial charge in [-0.2, -0.15) is 0 Å². The van der Waals surface area contributed by atoms with Crippen molar-refractivity contribution in [2.45, 2.75) is 71.4 Å². The monoisotopic (exact) mass is 339 g/mol. The molecule has 1 amide bonds. The number of ether oxygens (including phenoxy) is 1. The molecule has 1 heterocycles. The molecule has 0 bridgehead atoms. The summed E-state index contributed by atoms with van der Waals surface area (Å²) in [5, 5.41) is 3.56. The van der Waals surface area contributed by atoms with Crippen molar-refractivity contribution in [2.24, 2.45) is 5.92 Å². The van der Waals surface area contributed by atoms with E-state index in [0.717, 1.165) is 45.2 Å². The summed E-state index contributed by atoms with van der Waals surface area (Å²) in [5.41, 5.74) is -0.413. The van der Waals surface area contributed by atoms with Gasteiger partial charge in [0.15, 0.2) is 0 Å². The number of amides is 1. The Balaban J connectivity index is 1.88. The van der Waals surface area contributed by atoms with Crippen molar-refractivity contribution in [2.75, 3.05) is 39.3 Å². The summed E-state index contributed by atoms with van der Waals surface area (Å²) in [6.07, 6.45) is 6.72. The average Bonchev–Trinajstić information content (AvgIpc) is 2.55. The molecule has 2 fully saturated rings. The third-order valence-electron chi connectivity index (χ3n) is 5.23. The molecule has 2 aliphatic rings. The van der Waals surface area contributed by atoms with E-state index in [1.807, 2.05) is 25.7 Å². The number of piperazine rings is 1. The van der Waals surface area contributed by atoms with Gasteiger partial charge in [-0.25, -0.2) is 4.79 Å². The molecule has 140 valence electrons. The lowest BCUT2D eigenvalue weighted by atomic mass is 9.83. The highest BCUT2D eigenvalue weighted by atomic mass is 16.6. The van der Waals surface area contributed by atoms with E-state index in [2.05, 4.69) is 17.1 Å². The first-order chi connectivity index (χ1) is 11.4. The van der Waals surface area contributed by atoms with Gasteiger partial charge in [-0.05, 0) is 46.1 Å². The minimum atomic E-state index is -0.413. The van der Waals surface area contributed by atoms with E-state index < -0.39 is 5.60 Å². The Bertz CT molecular complexity index is 381. The molecule has 0 spiro atoms. The molecular weight excluding hydrogens is 302 g/mol. The molecule has 1 unspecified atom stereocenters. The van der Waals surface area contributed by atoms with Crippen LogP contribution in [0.1, 0.15) is 59.8 Å². The Labute approximate surface area is 148 Å². The topological polar surface area (TPSA) is 44.8 Å². The van der Waals surface area contributed by atoms with Gasteiger partial charge in [0, 0.05) is 38.8 Å². The number of nitrogens with one attached hydrogen (secondary N) is 1. The summed E-state index contributed by atoms with van der Waals surface area (Å²) >= 11 is 0. The van der Waals surface area contributed by atoms with Crippen LogP contribution in [-0.4, -0.2) is 66.8 Å². The van der Waals surface area contributed by atoms with Gasteiger partial charge >= 0.3 is 6.09 Å². The lowest BCUT2D eigenvalue weighted by Gasteiger charge is -2.43. The summed E-state index contributed by atoms with van der Waals surface area (Å²) in [6, 6.07) is 0.617. The Morgan fingerprint density at radius 3 is 2.29 bits per heavy atom. The lowest BCUT2D eigenvalue weighted by molar-refractivity contribution is 0.00497. The highest BCUT2D eigenvalue weighted by Gasteiger charge is 2.32. The van der Waals surface area contributed by atoms with Crippen LogP contribution < -0.4 is 5.32 Å². The van der Waals surface area contributed by atoms with Gasteiger partial charge in [0.05, 0.1) is 0 Å². The average molecular weight is 340 g/mol. The van der Waals surface area contributed by atoms with Gasteiger partial charge in [-0.1, -0.05) is 26.2 Å². The highest BCUT2D eigenvalue weighted by Crippen LogP contribution is 2.29. The van der Waals surface area contributed by atoms with Crippen LogP contribution in [0.4, 0.5) is 4.79 Å². The van der Waals surface area contributed by atoms with Crippen LogP contribution in [0.25, 0.3) is 0 Å². The fourth-order valence-electron chi connectivity index (χ4n) is 3.97. The van der Waals surface area contributed by atoms with Gasteiger partial charge in [0.25, 0.3) is 0 Å². The standard InChI is InChI=1S/C19H37N3O2/c1-5-20-15-17(16-9-7-6-8-10-16)21-11-13-22(14-12-21)18(23)24-19(2,3)4/h16-17,20H,5-15H2,1-4H3. The van der Waals surface area contributed by atoms with Crippen LogP contribution in [0.3, 0.4) is 0 Å². The third kappa shape index (κ3) is 5.92. The summed E-state index contributed by atoms with van der Waals surface area (Å²) in [5.74, 6) is 0.811. The van der Waals surface area contributed by atoms with Gasteiger partial charge < -0.3 is 15.0 Å². The first-order valence-corrected chi connectivity index (χ1v) is 9.83. The number of rotatable bonds is 5. The molecule has 0 aromatic carbocycles. The van der Waals surface area contributed by atoms with Crippen LogP contribution in [-0.2, 0) is 4.74 Å². The summed E-state index contributed by atoms with van der Waals surface area (Å²) in [7, 11) is 0. The maximum atomic E-state index is 12.2. The lowest BCUT2D eigenvalue weighted by Crippen LogP contribution is -2.56. The molecule has 1 aliphatic carbocycles. The number of nitrogens with zero attached hydrogens (tertiary/aromatic N) is 2. The first kappa shape index (κ1) is 19.5. The first-order valence-electron chi connectivity index (χ1n) is 9.83. The van der Waals surface area contributed by atoms with Gasteiger partial charge in [0.2, 0.25) is 0 Å². The zero-order chi connectivity index (χ0) is 17.6. The molecule has 1 aliphatic heterocycles. The van der Waals surface area contributed by atoms with Crippen molar-refractivity contribution < 1.29 is 9.53 Å². The predicted octanol–water partition coefficient (Wildman–Crippen LogP) is 3.10. The van der Waals surface area contributed by atoms with E-state index >= 15 is 0 Å². The molecule has 1 saturated heterocycles. The molecule has 5 nitrogen and oxygen atoms in total.